The van der Waals surface area contributed by atoms with Gasteiger partial charge in [-0.1, -0.05) is 36.4 Å². The summed E-state index contributed by atoms with van der Waals surface area (Å²) >= 11 is 0. The van der Waals surface area contributed by atoms with E-state index < -0.39 is 5.97 Å². The summed E-state index contributed by atoms with van der Waals surface area (Å²) in [6.45, 7) is 4.01. The van der Waals surface area contributed by atoms with E-state index in [0.29, 0.717) is 5.56 Å². The second-order valence-corrected chi connectivity index (χ2v) is 6.17. The van der Waals surface area contributed by atoms with Crippen LogP contribution in [0.15, 0.2) is 53.1 Å². The molecule has 1 aromatic heterocycles. The van der Waals surface area contributed by atoms with Crippen molar-refractivity contribution >= 4 is 22.6 Å². The van der Waals surface area contributed by atoms with Crippen LogP contribution in [0.25, 0.3) is 10.8 Å². The number of rotatable bonds is 5. The average Bonchev–Trinajstić information content (AvgIpc) is 3.13. The molecule has 6 nitrogen and oxygen atoms in total. The Hall–Kier alpha value is -3.15. The van der Waals surface area contributed by atoms with Gasteiger partial charge in [0.05, 0.1) is 13.7 Å². The first-order valence-electron chi connectivity index (χ1n) is 8.32. The molecule has 26 heavy (non-hydrogen) atoms. The Balaban J connectivity index is 1.91. The molecule has 1 heterocycles. The molecule has 0 aliphatic rings. The van der Waals surface area contributed by atoms with E-state index in [2.05, 4.69) is 9.72 Å². The molecule has 1 amide bonds. The number of benzene rings is 2. The first-order valence-corrected chi connectivity index (χ1v) is 8.32. The summed E-state index contributed by atoms with van der Waals surface area (Å²) in [6, 6.07) is 13.3. The Morgan fingerprint density at radius 1 is 1.15 bits per heavy atom. The molecule has 3 rings (SSSR count). The monoisotopic (exact) mass is 352 g/mol. The highest BCUT2D eigenvalue weighted by molar-refractivity contribution is 6.07. The summed E-state index contributed by atoms with van der Waals surface area (Å²) in [7, 11) is 1.28. The van der Waals surface area contributed by atoms with Crippen molar-refractivity contribution in [1.82, 2.24) is 9.88 Å². The second-order valence-electron chi connectivity index (χ2n) is 6.17. The zero-order valence-corrected chi connectivity index (χ0v) is 14.9. The van der Waals surface area contributed by atoms with Gasteiger partial charge in [0.15, 0.2) is 5.69 Å². The van der Waals surface area contributed by atoms with Crippen LogP contribution in [0.5, 0.6) is 0 Å². The van der Waals surface area contributed by atoms with Gasteiger partial charge in [0.25, 0.3) is 5.91 Å². The van der Waals surface area contributed by atoms with Crippen LogP contribution in [-0.4, -0.2) is 34.9 Å². The van der Waals surface area contributed by atoms with Crippen LogP contribution < -0.4 is 0 Å². The van der Waals surface area contributed by atoms with E-state index in [1.54, 1.807) is 4.90 Å². The second kappa shape index (κ2) is 7.39. The topological polar surface area (TPSA) is 72.6 Å². The molecular formula is C20H20N2O4. The van der Waals surface area contributed by atoms with Crippen LogP contribution in [0.2, 0.25) is 0 Å². The highest BCUT2D eigenvalue weighted by Crippen LogP contribution is 2.22. The van der Waals surface area contributed by atoms with Gasteiger partial charge in [-0.3, -0.25) is 4.79 Å². The number of esters is 1. The van der Waals surface area contributed by atoms with Gasteiger partial charge < -0.3 is 14.1 Å². The Morgan fingerprint density at radius 2 is 1.88 bits per heavy atom. The van der Waals surface area contributed by atoms with E-state index >= 15 is 0 Å². The van der Waals surface area contributed by atoms with Crippen molar-refractivity contribution in [3.8, 4) is 0 Å². The van der Waals surface area contributed by atoms with E-state index in [1.165, 1.54) is 13.4 Å². The van der Waals surface area contributed by atoms with Crippen LogP contribution in [0.3, 0.4) is 0 Å². The summed E-state index contributed by atoms with van der Waals surface area (Å²) in [5.74, 6) is -0.404. The lowest BCUT2D eigenvalue weighted by Crippen LogP contribution is -2.36. The third-order valence-electron chi connectivity index (χ3n) is 4.16. The third kappa shape index (κ3) is 3.44. The minimum absolute atomic E-state index is 0.0741. The van der Waals surface area contributed by atoms with Gasteiger partial charge in [-0.2, -0.15) is 0 Å². The molecule has 134 valence electrons. The summed E-state index contributed by atoms with van der Waals surface area (Å²) in [5, 5.41) is 1.90. The normalized spacial score (nSPS) is 10.9. The zero-order chi connectivity index (χ0) is 18.7. The smallest absolute Gasteiger partial charge is 0.360 e. The molecule has 2 aromatic carbocycles. The molecule has 0 atom stereocenters. The van der Waals surface area contributed by atoms with Crippen molar-refractivity contribution in [3.05, 3.63) is 65.9 Å². The van der Waals surface area contributed by atoms with Crippen molar-refractivity contribution in [2.45, 2.75) is 26.4 Å². The van der Waals surface area contributed by atoms with Crippen LogP contribution in [0.4, 0.5) is 0 Å². The van der Waals surface area contributed by atoms with Gasteiger partial charge in [-0.25, -0.2) is 9.78 Å². The fraction of sp³-hybridized carbons (Fsp3) is 0.250. The van der Waals surface area contributed by atoms with E-state index in [4.69, 9.17) is 4.42 Å². The number of amides is 1. The predicted octanol–water partition coefficient (Wildman–Crippen LogP) is 3.67. The van der Waals surface area contributed by atoms with Gasteiger partial charge in [-0.05, 0) is 30.7 Å². The van der Waals surface area contributed by atoms with Gasteiger partial charge >= 0.3 is 5.97 Å². The number of fused-ring (bicyclic) bond motifs is 1. The molecule has 0 saturated heterocycles. The third-order valence-corrected chi connectivity index (χ3v) is 4.16. The maximum Gasteiger partial charge on any atom is 0.360 e. The molecule has 0 spiro atoms. The average molecular weight is 352 g/mol. The number of hydrogen-bond donors (Lipinski definition) is 0. The van der Waals surface area contributed by atoms with E-state index in [1.807, 2.05) is 56.3 Å². The number of nitrogens with zero attached hydrogens (tertiary/aromatic N) is 2. The van der Waals surface area contributed by atoms with Gasteiger partial charge in [0.1, 0.15) is 6.26 Å². The lowest BCUT2D eigenvalue weighted by atomic mass is 10.0. The molecule has 0 saturated carbocycles. The quantitative estimate of drug-likeness (QED) is 0.655. The van der Waals surface area contributed by atoms with E-state index in [-0.39, 0.29) is 30.1 Å². The fourth-order valence-corrected chi connectivity index (χ4v) is 2.78. The first kappa shape index (κ1) is 17.7. The van der Waals surface area contributed by atoms with Gasteiger partial charge in [0, 0.05) is 11.6 Å². The highest BCUT2D eigenvalue weighted by atomic mass is 16.5. The van der Waals surface area contributed by atoms with Crippen molar-refractivity contribution in [3.63, 3.8) is 0 Å². The van der Waals surface area contributed by atoms with E-state index in [9.17, 15) is 9.59 Å². The van der Waals surface area contributed by atoms with Crippen molar-refractivity contribution in [2.75, 3.05) is 7.11 Å². The number of oxazole rings is 1. The molecule has 0 aliphatic heterocycles. The van der Waals surface area contributed by atoms with Crippen LogP contribution in [0, 0.1) is 0 Å². The number of aromatic nitrogens is 1. The highest BCUT2D eigenvalue weighted by Gasteiger charge is 2.23. The molecule has 6 heteroatoms. The fourth-order valence-electron chi connectivity index (χ4n) is 2.78. The van der Waals surface area contributed by atoms with Gasteiger partial charge in [0.2, 0.25) is 5.89 Å². The van der Waals surface area contributed by atoms with Crippen LogP contribution >= 0.6 is 0 Å². The summed E-state index contributed by atoms with van der Waals surface area (Å²) in [4.78, 5) is 30.5. The molecule has 0 bridgehead atoms. The number of carbonyl (C=O) groups is 2. The first-order chi connectivity index (χ1) is 12.5. The van der Waals surface area contributed by atoms with Crippen molar-refractivity contribution in [1.29, 1.82) is 0 Å². The number of methoxy groups -OCH3 is 1. The zero-order valence-electron chi connectivity index (χ0n) is 14.9. The van der Waals surface area contributed by atoms with Gasteiger partial charge in [-0.15, -0.1) is 0 Å². The van der Waals surface area contributed by atoms with E-state index in [0.717, 1.165) is 10.8 Å². The number of ether oxygens (including phenoxy) is 1. The Morgan fingerprint density at radius 3 is 2.62 bits per heavy atom. The van der Waals surface area contributed by atoms with Crippen LogP contribution in [-0.2, 0) is 11.3 Å². The SMILES string of the molecule is COC(=O)c1coc(CN(C(=O)c2cccc3ccccc23)C(C)C)n1. The molecule has 0 radical (unpaired) electrons. The van der Waals surface area contributed by atoms with Crippen LogP contribution in [0.1, 0.15) is 40.6 Å². The standard InChI is InChI=1S/C20H20N2O4/c1-13(2)22(11-18-21-17(12-26-18)20(24)25-3)19(23)16-10-6-8-14-7-4-5-9-15(14)16/h4-10,12-13H,11H2,1-3H3. The lowest BCUT2D eigenvalue weighted by molar-refractivity contribution is 0.0593. The summed E-state index contributed by atoms with van der Waals surface area (Å²) < 4.78 is 9.96. The Kier molecular flexibility index (Phi) is 5.02. The molecule has 0 unspecified atom stereocenters. The molecule has 0 fully saturated rings. The minimum atomic E-state index is -0.573. The molecule has 0 aliphatic carbocycles. The predicted molar refractivity (Wildman–Crippen MR) is 96.8 cm³/mol. The number of carbonyl (C=O) groups excluding carboxylic acids is 2. The van der Waals surface area contributed by atoms with Crippen molar-refractivity contribution < 1.29 is 18.7 Å². The maximum absolute atomic E-state index is 13.2. The Labute approximate surface area is 151 Å². The largest absolute Gasteiger partial charge is 0.464 e. The maximum atomic E-state index is 13.2. The molecule has 3 aromatic rings. The minimum Gasteiger partial charge on any atom is -0.464 e. The summed E-state index contributed by atoms with van der Waals surface area (Å²) in [6.07, 6.45) is 1.24. The number of hydrogen-bond acceptors (Lipinski definition) is 5. The molecule has 0 N–H and O–H groups in total. The molecular weight excluding hydrogens is 332 g/mol. The lowest BCUT2D eigenvalue weighted by Gasteiger charge is -2.26. The van der Waals surface area contributed by atoms with Crippen molar-refractivity contribution in [2.24, 2.45) is 0 Å². The Bertz CT molecular complexity index is 940. The summed E-state index contributed by atoms with van der Waals surface area (Å²) in [5.41, 5.74) is 0.709.